The number of hydrogen-bond donors (Lipinski definition) is 2. The maximum Gasteiger partial charge on any atom is 0.232 e. The predicted octanol–water partition coefficient (Wildman–Crippen LogP) is 4.11. The molecule has 4 aliphatic heterocycles. The molecule has 0 aromatic carbocycles. The van der Waals surface area contributed by atoms with Gasteiger partial charge >= 0.3 is 0 Å². The van der Waals surface area contributed by atoms with Gasteiger partial charge in [0.2, 0.25) is 29.5 Å². The Morgan fingerprint density at radius 2 is 1.13 bits per heavy atom. The molecule has 5 heterocycles. The van der Waals surface area contributed by atoms with E-state index in [9.17, 15) is 24.0 Å². The van der Waals surface area contributed by atoms with Crippen molar-refractivity contribution in [3.8, 4) is 5.88 Å². The number of nitrogens with one attached hydrogen (secondary N) is 2. The number of ether oxygens (including phenoxy) is 1. The van der Waals surface area contributed by atoms with E-state index in [2.05, 4.69) is 56.4 Å². The van der Waals surface area contributed by atoms with Gasteiger partial charge in [0, 0.05) is 58.9 Å². The Morgan fingerprint density at radius 3 is 1.33 bits per heavy atom. The highest BCUT2D eigenvalue weighted by atomic mass is 16.5. The maximum absolute atomic E-state index is 10.5. The number of piperidine rings is 3. The SMILES string of the molecule is CN1C(=O)CCC1=O.CN1CCCCC1.CN1CCCCC1.CN1CCCCC1.CNC(=O)C1CC1.CNC(=O)CCC(C)=O.COc1cncc(C)n1. The smallest absolute Gasteiger partial charge is 0.232 e. The van der Waals surface area contributed by atoms with Crippen LogP contribution in [0.2, 0.25) is 0 Å². The predicted molar refractivity (Wildman–Crippen MR) is 215 cm³/mol. The van der Waals surface area contributed by atoms with Gasteiger partial charge in [0.05, 0.1) is 19.0 Å². The Hall–Kier alpha value is -3.49. The summed E-state index contributed by atoms with van der Waals surface area (Å²) >= 11 is 0. The molecule has 4 amide bonds. The second kappa shape index (κ2) is 31.8. The van der Waals surface area contributed by atoms with Crippen LogP contribution < -0.4 is 15.4 Å². The van der Waals surface area contributed by atoms with Gasteiger partial charge in [0.25, 0.3) is 0 Å². The summed E-state index contributed by atoms with van der Waals surface area (Å²) in [7, 11) is 12.9. The van der Waals surface area contributed by atoms with Crippen molar-refractivity contribution in [2.45, 2.75) is 110 Å². The third-order valence-corrected chi connectivity index (χ3v) is 9.16. The Kier molecular flexibility index (Phi) is 29.8. The van der Waals surface area contributed by atoms with Gasteiger partial charge in [0.1, 0.15) is 5.78 Å². The van der Waals surface area contributed by atoms with E-state index in [1.165, 1.54) is 116 Å². The van der Waals surface area contributed by atoms with Crippen LogP contribution in [0.5, 0.6) is 5.88 Å². The summed E-state index contributed by atoms with van der Waals surface area (Å²) in [6, 6.07) is 0. The van der Waals surface area contributed by atoms with Crippen LogP contribution in [0.1, 0.15) is 109 Å². The fourth-order valence-electron chi connectivity index (χ4n) is 5.35. The lowest BCUT2D eigenvalue weighted by atomic mass is 10.1. The highest BCUT2D eigenvalue weighted by Crippen LogP contribution is 2.28. The molecule has 6 rings (SSSR count). The molecule has 310 valence electrons. The number of methoxy groups -OCH3 is 1. The Morgan fingerprint density at radius 1 is 0.704 bits per heavy atom. The van der Waals surface area contributed by atoms with Gasteiger partial charge in [-0.15, -0.1) is 0 Å². The van der Waals surface area contributed by atoms with E-state index in [-0.39, 0.29) is 29.4 Å². The first kappa shape index (κ1) is 50.5. The lowest BCUT2D eigenvalue weighted by Gasteiger charge is -2.20. The summed E-state index contributed by atoms with van der Waals surface area (Å²) in [4.78, 5) is 68.4. The monoisotopic (exact) mass is 763 g/mol. The van der Waals surface area contributed by atoms with Gasteiger partial charge < -0.3 is 34.9 Å². The topological polar surface area (TPSA) is 157 Å². The van der Waals surface area contributed by atoms with Crippen LogP contribution in [-0.4, -0.2) is 148 Å². The zero-order valence-corrected chi connectivity index (χ0v) is 35.2. The van der Waals surface area contributed by atoms with Crippen LogP contribution >= 0.6 is 0 Å². The summed E-state index contributed by atoms with van der Waals surface area (Å²) in [5, 5.41) is 5.02. The number of Topliss-reactive ketones (excluding diaryl/α,β-unsaturated/α-hetero) is 1. The van der Waals surface area contributed by atoms with Gasteiger partial charge in [0.15, 0.2) is 0 Å². The lowest BCUT2D eigenvalue weighted by molar-refractivity contribution is -0.136. The molecule has 0 unspecified atom stereocenters. The van der Waals surface area contributed by atoms with E-state index in [0.29, 0.717) is 37.5 Å². The third-order valence-electron chi connectivity index (χ3n) is 9.16. The van der Waals surface area contributed by atoms with Crippen molar-refractivity contribution < 1.29 is 28.7 Å². The first-order valence-electron chi connectivity index (χ1n) is 19.8. The number of aryl methyl sites for hydroxylation is 1. The van der Waals surface area contributed by atoms with Gasteiger partial charge in [-0.05, 0) is 126 Å². The maximum atomic E-state index is 10.5. The van der Waals surface area contributed by atoms with E-state index in [0.717, 1.165) is 18.5 Å². The average molecular weight is 763 g/mol. The van der Waals surface area contributed by atoms with Crippen molar-refractivity contribution >= 4 is 29.4 Å². The molecule has 5 aliphatic rings. The molecule has 4 saturated heterocycles. The standard InChI is InChI=1S/C6H8N2O.C6H11NO2.3C6H13N.C5H7NO2.C5H9NO/c1-5-3-7-4-6(8-5)9-2;1-5(8)3-4-6(9)7-2;3*1-7-5-3-2-4-6-7;1-6-4(7)2-3-5(6)8;1-6-5(7)4-2-3-4/h3-4H,1-2H3;3-4H2,1-2H3,(H,7,9);3*2-6H2,1H3;2-3H2,1H3;4H,2-3H2,1H3,(H,6,7). The molecule has 1 aliphatic carbocycles. The fraction of sp³-hybridized carbons (Fsp3) is 0.775. The van der Waals surface area contributed by atoms with Crippen LogP contribution in [0.3, 0.4) is 0 Å². The van der Waals surface area contributed by atoms with Crippen molar-refractivity contribution in [1.29, 1.82) is 0 Å². The van der Waals surface area contributed by atoms with E-state index in [1.54, 1.807) is 33.6 Å². The van der Waals surface area contributed by atoms with Crippen LogP contribution in [0.25, 0.3) is 0 Å². The second-order valence-corrected chi connectivity index (χ2v) is 14.4. The molecule has 0 spiro atoms. The Bertz CT molecular complexity index is 1130. The number of rotatable bonds is 5. The minimum atomic E-state index is -0.0785. The van der Waals surface area contributed by atoms with Crippen molar-refractivity contribution in [1.82, 2.24) is 40.2 Å². The fourth-order valence-corrected chi connectivity index (χ4v) is 5.35. The van der Waals surface area contributed by atoms with Gasteiger partial charge in [-0.3, -0.25) is 29.1 Å². The second-order valence-electron chi connectivity index (χ2n) is 14.4. The highest BCUT2D eigenvalue weighted by molar-refractivity contribution is 6.01. The first-order chi connectivity index (χ1) is 25.7. The normalized spacial score (nSPS) is 18.3. The van der Waals surface area contributed by atoms with E-state index >= 15 is 0 Å². The molecular weight excluding hydrogens is 688 g/mol. The Labute approximate surface area is 326 Å². The summed E-state index contributed by atoms with van der Waals surface area (Å²) in [5.74, 6) is 0.994. The Balaban J connectivity index is 0.000000608. The van der Waals surface area contributed by atoms with E-state index in [1.807, 2.05) is 6.92 Å². The molecule has 2 N–H and O–H groups in total. The number of hydrogen-bond acceptors (Lipinski definition) is 11. The average Bonchev–Trinajstić information content (AvgIpc) is 3.99. The number of carbonyl (C=O) groups excluding carboxylic acids is 5. The molecule has 0 bridgehead atoms. The molecule has 1 aromatic rings. The quantitative estimate of drug-likeness (QED) is 0.417. The van der Waals surface area contributed by atoms with Gasteiger partial charge in [-0.25, -0.2) is 4.98 Å². The molecule has 14 nitrogen and oxygen atoms in total. The molecule has 5 fully saturated rings. The number of ketones is 1. The largest absolute Gasteiger partial charge is 0.480 e. The molecular formula is C40H74N8O6. The van der Waals surface area contributed by atoms with Crippen molar-refractivity contribution in [2.24, 2.45) is 5.92 Å². The van der Waals surface area contributed by atoms with Crippen LogP contribution in [-0.2, 0) is 24.0 Å². The third kappa shape index (κ3) is 28.9. The number of amides is 4. The van der Waals surface area contributed by atoms with Crippen LogP contribution in [0.15, 0.2) is 12.4 Å². The highest BCUT2D eigenvalue weighted by Gasteiger charge is 2.28. The minimum Gasteiger partial charge on any atom is -0.480 e. The summed E-state index contributed by atoms with van der Waals surface area (Å²) in [6.07, 6.45) is 19.7. The molecule has 14 heteroatoms. The number of aromatic nitrogens is 2. The van der Waals surface area contributed by atoms with Crippen molar-refractivity contribution in [2.75, 3.05) is 88.7 Å². The number of nitrogens with zero attached hydrogens (tertiary/aromatic N) is 6. The van der Waals surface area contributed by atoms with E-state index < -0.39 is 0 Å². The number of carbonyl (C=O) groups is 5. The first-order valence-corrected chi connectivity index (χ1v) is 19.8. The minimum absolute atomic E-state index is 0.0543. The number of likely N-dealkylation sites (tertiary alicyclic amines) is 4. The molecule has 0 atom stereocenters. The van der Waals surface area contributed by atoms with Gasteiger partial charge in [-0.1, -0.05) is 19.3 Å². The summed E-state index contributed by atoms with van der Waals surface area (Å²) < 4.78 is 4.82. The van der Waals surface area contributed by atoms with Gasteiger partial charge in [-0.2, -0.15) is 0 Å². The lowest BCUT2D eigenvalue weighted by Crippen LogP contribution is -2.24. The van der Waals surface area contributed by atoms with Crippen LogP contribution in [0.4, 0.5) is 0 Å². The molecule has 1 aromatic heterocycles. The van der Waals surface area contributed by atoms with E-state index in [4.69, 9.17) is 4.74 Å². The molecule has 0 radical (unpaired) electrons. The summed E-state index contributed by atoms with van der Waals surface area (Å²) in [6.45, 7) is 11.3. The van der Waals surface area contributed by atoms with Crippen LogP contribution in [0, 0.1) is 12.8 Å². The zero-order chi connectivity index (χ0) is 40.7. The molecule has 54 heavy (non-hydrogen) atoms. The summed E-state index contributed by atoms with van der Waals surface area (Å²) in [5.41, 5.74) is 0.870. The zero-order valence-electron chi connectivity index (χ0n) is 35.2. The molecule has 1 saturated carbocycles. The van der Waals surface area contributed by atoms with Crippen molar-refractivity contribution in [3.05, 3.63) is 18.1 Å². The van der Waals surface area contributed by atoms with Crippen molar-refractivity contribution in [3.63, 3.8) is 0 Å². The number of imide groups is 1.